The minimum absolute atomic E-state index is 0.484. The van der Waals surface area contributed by atoms with E-state index in [2.05, 4.69) is 16.4 Å². The number of nitrogens with zero attached hydrogens (tertiary/aromatic N) is 5. The van der Waals surface area contributed by atoms with Crippen LogP contribution in [0.5, 0.6) is 11.5 Å². The highest BCUT2D eigenvalue weighted by molar-refractivity contribution is 5.73. The van der Waals surface area contributed by atoms with Crippen LogP contribution in [0.15, 0.2) is 79.1 Å². The van der Waals surface area contributed by atoms with Crippen molar-refractivity contribution >= 4 is 11.3 Å². The highest BCUT2D eigenvalue weighted by atomic mass is 16.5. The fourth-order valence-electron chi connectivity index (χ4n) is 4.01. The summed E-state index contributed by atoms with van der Waals surface area (Å²) in [5.74, 6) is 2.12. The van der Waals surface area contributed by atoms with Crippen LogP contribution in [0, 0.1) is 11.3 Å². The lowest BCUT2D eigenvalue weighted by atomic mass is 10.1. The lowest BCUT2D eigenvalue weighted by Crippen LogP contribution is -2.06. The highest BCUT2D eigenvalue weighted by Gasteiger charge is 2.14. The van der Waals surface area contributed by atoms with Crippen molar-refractivity contribution in [2.75, 3.05) is 19.5 Å². The molecule has 0 saturated carbocycles. The topological polar surface area (TPSA) is 97.4 Å². The molecule has 0 atom stereocenters. The van der Waals surface area contributed by atoms with Crippen LogP contribution in [-0.4, -0.2) is 33.8 Å². The van der Waals surface area contributed by atoms with Gasteiger partial charge in [-0.3, -0.25) is 4.98 Å². The third-order valence-electron chi connectivity index (χ3n) is 5.82. The molecule has 0 aliphatic carbocycles. The summed E-state index contributed by atoms with van der Waals surface area (Å²) in [6, 6.07) is 23.2. The summed E-state index contributed by atoms with van der Waals surface area (Å²) in [4.78, 5) is 9.33. The molecule has 0 aliphatic heterocycles. The van der Waals surface area contributed by atoms with Gasteiger partial charge >= 0.3 is 0 Å². The SMILES string of the molecule is COc1ccc(CNc2nc(-c3cccc(C#N)c3)cn3nc(Cc4ccccn4)cc23)c(OC)c1. The van der Waals surface area contributed by atoms with Crippen LogP contribution in [0.2, 0.25) is 0 Å². The first-order valence-electron chi connectivity index (χ1n) is 11.4. The predicted molar refractivity (Wildman–Crippen MR) is 137 cm³/mol. The van der Waals surface area contributed by atoms with Crippen molar-refractivity contribution in [2.45, 2.75) is 13.0 Å². The monoisotopic (exact) mass is 476 g/mol. The fourth-order valence-corrected chi connectivity index (χ4v) is 4.01. The molecule has 0 saturated heterocycles. The Labute approximate surface area is 208 Å². The molecule has 5 rings (SSSR count). The van der Waals surface area contributed by atoms with Gasteiger partial charge in [-0.2, -0.15) is 10.4 Å². The van der Waals surface area contributed by atoms with E-state index in [0.29, 0.717) is 30.0 Å². The standard InChI is InChI=1S/C28H24N6O2/c1-35-24-10-9-21(27(15-24)36-2)17-31-28-26-14-23(13-22-8-3-4-11-30-22)33-34(26)18-25(32-28)20-7-5-6-19(12-20)16-29/h3-12,14-15,18H,13,17H2,1-2H3,(H,31,32). The van der Waals surface area contributed by atoms with Crippen molar-refractivity contribution in [1.82, 2.24) is 19.6 Å². The van der Waals surface area contributed by atoms with Gasteiger partial charge in [0, 0.05) is 42.0 Å². The van der Waals surface area contributed by atoms with Crippen molar-refractivity contribution in [1.29, 1.82) is 5.26 Å². The quantitative estimate of drug-likeness (QED) is 0.341. The average molecular weight is 477 g/mol. The molecule has 0 spiro atoms. The van der Waals surface area contributed by atoms with Gasteiger partial charge in [-0.15, -0.1) is 0 Å². The Morgan fingerprint density at radius 2 is 1.89 bits per heavy atom. The first kappa shape index (κ1) is 22.9. The minimum atomic E-state index is 0.484. The Kier molecular flexibility index (Phi) is 6.45. The summed E-state index contributed by atoms with van der Waals surface area (Å²) in [6.45, 7) is 0.484. The van der Waals surface area contributed by atoms with Crippen LogP contribution < -0.4 is 14.8 Å². The number of hydrogen-bond donors (Lipinski definition) is 1. The zero-order valence-corrected chi connectivity index (χ0v) is 20.0. The Hall–Kier alpha value is -4.90. The number of ether oxygens (including phenoxy) is 2. The van der Waals surface area contributed by atoms with Crippen molar-refractivity contribution in [3.63, 3.8) is 0 Å². The molecule has 0 fully saturated rings. The average Bonchev–Trinajstić information content (AvgIpc) is 3.34. The van der Waals surface area contributed by atoms with Gasteiger partial charge in [0.25, 0.3) is 0 Å². The van der Waals surface area contributed by atoms with Gasteiger partial charge in [0.05, 0.1) is 43.4 Å². The molecule has 178 valence electrons. The number of hydrogen-bond acceptors (Lipinski definition) is 7. The molecule has 0 unspecified atom stereocenters. The van der Waals surface area contributed by atoms with Gasteiger partial charge in [-0.05, 0) is 42.5 Å². The fraction of sp³-hybridized carbons (Fsp3) is 0.143. The van der Waals surface area contributed by atoms with Crippen molar-refractivity contribution in [2.24, 2.45) is 0 Å². The summed E-state index contributed by atoms with van der Waals surface area (Å²) in [6.07, 6.45) is 4.27. The third-order valence-corrected chi connectivity index (χ3v) is 5.82. The molecule has 0 aliphatic rings. The molecule has 2 aromatic carbocycles. The zero-order valence-electron chi connectivity index (χ0n) is 20.0. The first-order valence-corrected chi connectivity index (χ1v) is 11.4. The molecule has 1 N–H and O–H groups in total. The van der Waals surface area contributed by atoms with E-state index in [4.69, 9.17) is 19.6 Å². The molecule has 0 amide bonds. The normalized spacial score (nSPS) is 10.7. The lowest BCUT2D eigenvalue weighted by molar-refractivity contribution is 0.391. The van der Waals surface area contributed by atoms with Gasteiger partial charge in [0.1, 0.15) is 17.0 Å². The van der Waals surface area contributed by atoms with Crippen LogP contribution in [0.25, 0.3) is 16.8 Å². The minimum Gasteiger partial charge on any atom is -0.497 e. The number of nitrogens with one attached hydrogen (secondary N) is 1. The largest absolute Gasteiger partial charge is 0.497 e. The van der Waals surface area contributed by atoms with E-state index in [9.17, 15) is 5.26 Å². The maximum atomic E-state index is 9.35. The Morgan fingerprint density at radius 3 is 2.67 bits per heavy atom. The van der Waals surface area contributed by atoms with Crippen LogP contribution in [0.4, 0.5) is 5.82 Å². The number of nitriles is 1. The number of pyridine rings is 1. The number of benzene rings is 2. The molecular weight excluding hydrogens is 452 g/mol. The second-order valence-corrected chi connectivity index (χ2v) is 8.16. The van der Waals surface area contributed by atoms with Gasteiger partial charge in [0.2, 0.25) is 0 Å². The van der Waals surface area contributed by atoms with Crippen LogP contribution in [0.3, 0.4) is 0 Å². The van der Waals surface area contributed by atoms with E-state index in [1.54, 1.807) is 26.5 Å². The van der Waals surface area contributed by atoms with Crippen molar-refractivity contribution in [3.8, 4) is 28.8 Å². The maximum absolute atomic E-state index is 9.35. The molecule has 8 heteroatoms. The van der Waals surface area contributed by atoms with Crippen LogP contribution >= 0.6 is 0 Å². The van der Waals surface area contributed by atoms with E-state index < -0.39 is 0 Å². The molecule has 3 aromatic heterocycles. The molecule has 0 bridgehead atoms. The molecule has 8 nitrogen and oxygen atoms in total. The van der Waals surface area contributed by atoms with Crippen LogP contribution in [-0.2, 0) is 13.0 Å². The summed E-state index contributed by atoms with van der Waals surface area (Å²) >= 11 is 0. The third kappa shape index (κ3) is 4.81. The summed E-state index contributed by atoms with van der Waals surface area (Å²) in [5, 5.41) is 17.6. The zero-order chi connectivity index (χ0) is 24.9. The first-order chi connectivity index (χ1) is 17.7. The summed E-state index contributed by atoms with van der Waals surface area (Å²) in [7, 11) is 3.26. The van der Waals surface area contributed by atoms with E-state index in [-0.39, 0.29) is 0 Å². The molecule has 36 heavy (non-hydrogen) atoms. The van der Waals surface area contributed by atoms with Gasteiger partial charge in [-0.1, -0.05) is 18.2 Å². The number of aromatic nitrogens is 4. The Balaban J connectivity index is 1.54. The summed E-state index contributed by atoms with van der Waals surface area (Å²) < 4.78 is 12.7. The van der Waals surface area contributed by atoms with E-state index >= 15 is 0 Å². The van der Waals surface area contributed by atoms with E-state index in [1.165, 1.54) is 0 Å². The van der Waals surface area contributed by atoms with Gasteiger partial charge < -0.3 is 14.8 Å². The molecule has 0 radical (unpaired) electrons. The number of methoxy groups -OCH3 is 2. The number of rotatable bonds is 8. The predicted octanol–water partition coefficient (Wildman–Crippen LogP) is 4.88. The van der Waals surface area contributed by atoms with Gasteiger partial charge in [0.15, 0.2) is 5.82 Å². The second kappa shape index (κ2) is 10.2. The summed E-state index contributed by atoms with van der Waals surface area (Å²) in [5.41, 5.74) is 5.73. The second-order valence-electron chi connectivity index (χ2n) is 8.16. The van der Waals surface area contributed by atoms with Crippen molar-refractivity contribution in [3.05, 3.63) is 102 Å². The van der Waals surface area contributed by atoms with Crippen molar-refractivity contribution < 1.29 is 9.47 Å². The van der Waals surface area contributed by atoms with E-state index in [1.807, 2.05) is 71.4 Å². The lowest BCUT2D eigenvalue weighted by Gasteiger charge is -2.13. The van der Waals surface area contributed by atoms with Crippen LogP contribution in [0.1, 0.15) is 22.5 Å². The Morgan fingerprint density at radius 1 is 0.972 bits per heavy atom. The van der Waals surface area contributed by atoms with E-state index in [0.717, 1.165) is 39.5 Å². The molecule has 5 aromatic rings. The highest BCUT2D eigenvalue weighted by Crippen LogP contribution is 2.28. The van der Waals surface area contributed by atoms with Gasteiger partial charge in [-0.25, -0.2) is 9.50 Å². The number of anilines is 1. The smallest absolute Gasteiger partial charge is 0.153 e. The Bertz CT molecular complexity index is 1560. The number of fused-ring (bicyclic) bond motifs is 1. The molecule has 3 heterocycles. The molecular formula is C28H24N6O2. The maximum Gasteiger partial charge on any atom is 0.153 e.